The summed E-state index contributed by atoms with van der Waals surface area (Å²) in [5, 5.41) is 25.4. The number of aliphatic hydroxyl groups excluding tert-OH is 3. The maximum absolute atomic E-state index is 8.68. The van der Waals surface area contributed by atoms with Crippen LogP contribution >= 0.6 is 0 Å². The van der Waals surface area contributed by atoms with Crippen LogP contribution in [0.3, 0.4) is 0 Å². The molecule has 0 aromatic heterocycles. The van der Waals surface area contributed by atoms with Gasteiger partial charge in [0.2, 0.25) is 0 Å². The summed E-state index contributed by atoms with van der Waals surface area (Å²) in [4.78, 5) is 0. The molecule has 0 aliphatic carbocycles. The first kappa shape index (κ1) is 7.88. The van der Waals surface area contributed by atoms with Gasteiger partial charge in [-0.15, -0.1) is 0 Å². The van der Waals surface area contributed by atoms with E-state index in [0.717, 1.165) is 0 Å². The Bertz CT molecular complexity index is 47.6. The molecule has 0 aromatic rings. The van der Waals surface area contributed by atoms with Crippen molar-refractivity contribution in [3.63, 3.8) is 0 Å². The van der Waals surface area contributed by atoms with Crippen LogP contribution in [0.2, 0.25) is 0 Å². The largest absolute Gasteiger partial charge is 0.393 e. The number of rotatable bonds is 3. The normalized spacial score (nSPS) is 14.6. The van der Waals surface area contributed by atoms with Crippen LogP contribution < -0.4 is 0 Å². The van der Waals surface area contributed by atoms with Gasteiger partial charge in [0.05, 0.1) is 12.7 Å². The predicted molar refractivity (Wildman–Crippen MR) is 28.6 cm³/mol. The monoisotopic (exact) mass is 119 g/mol. The fourth-order valence-corrected chi connectivity index (χ4v) is 0.341. The summed E-state index contributed by atoms with van der Waals surface area (Å²) in [6, 6.07) is 0. The molecule has 0 bridgehead atoms. The SMILES string of the molecule is CCC(O)[C](O)CO. The average molecular weight is 119 g/mol. The van der Waals surface area contributed by atoms with E-state index >= 15 is 0 Å². The van der Waals surface area contributed by atoms with Crippen molar-refractivity contribution < 1.29 is 15.3 Å². The summed E-state index contributed by atoms with van der Waals surface area (Å²) in [5.41, 5.74) is 0. The van der Waals surface area contributed by atoms with Crippen LogP contribution in [-0.2, 0) is 0 Å². The van der Waals surface area contributed by atoms with Crippen LogP contribution in [0.25, 0.3) is 0 Å². The zero-order valence-corrected chi connectivity index (χ0v) is 4.83. The molecule has 0 spiro atoms. The molecule has 49 valence electrons. The molecule has 3 N–H and O–H groups in total. The van der Waals surface area contributed by atoms with Crippen LogP contribution in [0.1, 0.15) is 13.3 Å². The molecule has 0 amide bonds. The van der Waals surface area contributed by atoms with Gasteiger partial charge < -0.3 is 15.3 Å². The third kappa shape index (κ3) is 2.26. The van der Waals surface area contributed by atoms with E-state index in [2.05, 4.69) is 0 Å². The Labute approximate surface area is 48.6 Å². The molecule has 0 heterocycles. The van der Waals surface area contributed by atoms with Crippen LogP contribution in [0.4, 0.5) is 0 Å². The highest BCUT2D eigenvalue weighted by atomic mass is 16.4. The maximum atomic E-state index is 8.68. The molecule has 0 fully saturated rings. The zero-order chi connectivity index (χ0) is 6.57. The lowest BCUT2D eigenvalue weighted by Gasteiger charge is -2.10. The fourth-order valence-electron chi connectivity index (χ4n) is 0.341. The quantitative estimate of drug-likeness (QED) is 0.476. The summed E-state index contributed by atoms with van der Waals surface area (Å²) in [6.45, 7) is 1.27. The Morgan fingerprint density at radius 3 is 2.25 bits per heavy atom. The second-order valence-electron chi connectivity index (χ2n) is 1.57. The molecular formula is C5H11O3. The van der Waals surface area contributed by atoms with Crippen LogP contribution in [0.5, 0.6) is 0 Å². The third-order valence-electron chi connectivity index (χ3n) is 0.933. The Kier molecular flexibility index (Phi) is 3.77. The Hall–Kier alpha value is -0.120. The van der Waals surface area contributed by atoms with Crippen molar-refractivity contribution in [3.8, 4) is 0 Å². The predicted octanol–water partition coefficient (Wildman–Crippen LogP) is -0.346. The van der Waals surface area contributed by atoms with Crippen molar-refractivity contribution in [2.75, 3.05) is 6.61 Å². The Morgan fingerprint density at radius 1 is 1.62 bits per heavy atom. The minimum atomic E-state index is -0.861. The van der Waals surface area contributed by atoms with Gasteiger partial charge in [-0.05, 0) is 6.42 Å². The lowest BCUT2D eigenvalue weighted by molar-refractivity contribution is 0.0608. The minimum Gasteiger partial charge on any atom is -0.393 e. The summed E-state index contributed by atoms with van der Waals surface area (Å²) < 4.78 is 0. The average Bonchev–Trinajstić information content (AvgIpc) is 1.84. The summed E-state index contributed by atoms with van der Waals surface area (Å²) in [7, 11) is 0. The molecule has 0 saturated carbocycles. The second kappa shape index (κ2) is 3.83. The molecule has 0 aliphatic heterocycles. The zero-order valence-electron chi connectivity index (χ0n) is 4.83. The first-order valence-corrected chi connectivity index (χ1v) is 2.56. The van der Waals surface area contributed by atoms with Crippen molar-refractivity contribution >= 4 is 0 Å². The fraction of sp³-hybridized carbons (Fsp3) is 0.800. The topological polar surface area (TPSA) is 60.7 Å². The van der Waals surface area contributed by atoms with E-state index in [-0.39, 0.29) is 6.10 Å². The van der Waals surface area contributed by atoms with Crippen molar-refractivity contribution in [1.82, 2.24) is 0 Å². The van der Waals surface area contributed by atoms with Gasteiger partial charge in [0, 0.05) is 0 Å². The minimum absolute atomic E-state index is 0.257. The van der Waals surface area contributed by atoms with Gasteiger partial charge in [0.1, 0.15) is 6.10 Å². The molecule has 3 heteroatoms. The highest BCUT2D eigenvalue weighted by molar-refractivity contribution is 4.82. The van der Waals surface area contributed by atoms with Gasteiger partial charge in [0.25, 0.3) is 0 Å². The van der Waals surface area contributed by atoms with Gasteiger partial charge >= 0.3 is 0 Å². The van der Waals surface area contributed by atoms with E-state index in [1.807, 2.05) is 0 Å². The molecule has 0 aromatic carbocycles. The van der Waals surface area contributed by atoms with Crippen molar-refractivity contribution in [2.45, 2.75) is 19.4 Å². The number of hydrogen-bond acceptors (Lipinski definition) is 3. The van der Waals surface area contributed by atoms with Gasteiger partial charge in [-0.1, -0.05) is 6.92 Å². The lowest BCUT2D eigenvalue weighted by Crippen LogP contribution is -2.19. The van der Waals surface area contributed by atoms with Crippen molar-refractivity contribution in [2.24, 2.45) is 0 Å². The Morgan fingerprint density at radius 2 is 2.12 bits per heavy atom. The molecule has 0 saturated heterocycles. The highest BCUT2D eigenvalue weighted by Crippen LogP contribution is 2.03. The first-order chi connectivity index (χ1) is 3.72. The lowest BCUT2D eigenvalue weighted by atomic mass is 10.2. The molecule has 0 aliphatic rings. The third-order valence-corrected chi connectivity index (χ3v) is 0.933. The maximum Gasteiger partial charge on any atom is 0.147 e. The van der Waals surface area contributed by atoms with Gasteiger partial charge in [-0.2, -0.15) is 0 Å². The molecule has 8 heavy (non-hydrogen) atoms. The molecular weight excluding hydrogens is 108 g/mol. The highest BCUT2D eigenvalue weighted by Gasteiger charge is 2.12. The van der Waals surface area contributed by atoms with Gasteiger partial charge in [0.15, 0.2) is 0 Å². The Balaban J connectivity index is 3.29. The molecule has 3 nitrogen and oxygen atoms in total. The van der Waals surface area contributed by atoms with Gasteiger partial charge in [-0.25, -0.2) is 0 Å². The van der Waals surface area contributed by atoms with E-state index < -0.39 is 12.7 Å². The van der Waals surface area contributed by atoms with E-state index in [0.29, 0.717) is 6.42 Å². The first-order valence-electron chi connectivity index (χ1n) is 2.56. The summed E-state index contributed by atoms with van der Waals surface area (Å²) in [6.07, 6.45) is -0.681. The number of hydrogen-bond donors (Lipinski definition) is 3. The van der Waals surface area contributed by atoms with Crippen molar-refractivity contribution in [1.29, 1.82) is 0 Å². The van der Waals surface area contributed by atoms with E-state index in [9.17, 15) is 0 Å². The molecule has 0 rings (SSSR count). The van der Waals surface area contributed by atoms with E-state index in [1.165, 1.54) is 0 Å². The van der Waals surface area contributed by atoms with E-state index in [1.54, 1.807) is 6.92 Å². The van der Waals surface area contributed by atoms with Gasteiger partial charge in [-0.3, -0.25) is 0 Å². The van der Waals surface area contributed by atoms with Crippen molar-refractivity contribution in [3.05, 3.63) is 6.10 Å². The van der Waals surface area contributed by atoms with Crippen LogP contribution in [-0.4, -0.2) is 28.0 Å². The smallest absolute Gasteiger partial charge is 0.147 e. The van der Waals surface area contributed by atoms with Crippen LogP contribution in [0, 0.1) is 6.10 Å². The standard InChI is InChI=1S/C5H11O3/c1-2-4(7)5(8)3-6/h4,6-8H,2-3H2,1H3. The second-order valence-corrected chi connectivity index (χ2v) is 1.57. The summed E-state index contributed by atoms with van der Waals surface area (Å²) in [5.74, 6) is 0. The van der Waals surface area contributed by atoms with E-state index in [4.69, 9.17) is 15.3 Å². The molecule has 1 unspecified atom stereocenters. The number of aliphatic hydroxyl groups is 3. The van der Waals surface area contributed by atoms with Crippen LogP contribution in [0.15, 0.2) is 0 Å². The summed E-state index contributed by atoms with van der Waals surface area (Å²) >= 11 is 0. The molecule has 1 atom stereocenters. The molecule has 1 radical (unpaired) electrons.